The number of aromatic nitrogens is 1. The SMILES string of the molecule is C[As]c1cccc(CO[C@H]2CCOC2)n1. The predicted octanol–water partition coefficient (Wildman–Crippen LogP) is 0.765. The van der Waals surface area contributed by atoms with Crippen LogP contribution in [-0.2, 0) is 16.1 Å². The van der Waals surface area contributed by atoms with Crippen molar-refractivity contribution in [2.24, 2.45) is 0 Å². The van der Waals surface area contributed by atoms with Gasteiger partial charge in [0.1, 0.15) is 0 Å². The summed E-state index contributed by atoms with van der Waals surface area (Å²) < 4.78 is 12.2. The van der Waals surface area contributed by atoms with Crippen molar-refractivity contribution in [3.8, 4) is 0 Å². The van der Waals surface area contributed by atoms with Crippen molar-refractivity contribution in [3.63, 3.8) is 0 Å². The molecule has 1 aliphatic heterocycles. The normalized spacial score (nSPS) is 21.5. The van der Waals surface area contributed by atoms with E-state index in [9.17, 15) is 0 Å². The molecule has 1 saturated heterocycles. The molecule has 2 heterocycles. The molecule has 81 valence electrons. The minimum absolute atomic E-state index is 0.211. The van der Waals surface area contributed by atoms with Crippen LogP contribution in [-0.4, -0.2) is 40.1 Å². The number of nitrogens with zero attached hydrogens (tertiary/aromatic N) is 1. The summed E-state index contributed by atoms with van der Waals surface area (Å²) in [5.74, 6) is 0. The zero-order valence-corrected chi connectivity index (χ0v) is 10.7. The van der Waals surface area contributed by atoms with Gasteiger partial charge in [0.05, 0.1) is 0 Å². The van der Waals surface area contributed by atoms with Crippen molar-refractivity contribution >= 4 is 20.2 Å². The molecule has 1 atom stereocenters. The van der Waals surface area contributed by atoms with Crippen molar-refractivity contribution in [3.05, 3.63) is 23.9 Å². The summed E-state index contributed by atoms with van der Waals surface area (Å²) in [5, 5.41) is 0. The Morgan fingerprint density at radius 1 is 1.60 bits per heavy atom. The summed E-state index contributed by atoms with van der Waals surface area (Å²) >= 11 is 0.211. The van der Waals surface area contributed by atoms with E-state index in [1.54, 1.807) is 0 Å². The topological polar surface area (TPSA) is 31.4 Å². The average Bonchev–Trinajstić information content (AvgIpc) is 2.79. The summed E-state index contributed by atoms with van der Waals surface area (Å²) in [6.07, 6.45) is 1.28. The van der Waals surface area contributed by atoms with Gasteiger partial charge in [-0.2, -0.15) is 0 Å². The molecule has 0 N–H and O–H groups in total. The Morgan fingerprint density at radius 2 is 2.53 bits per heavy atom. The fraction of sp³-hybridized carbons (Fsp3) is 0.545. The third-order valence-electron chi connectivity index (χ3n) is 2.38. The van der Waals surface area contributed by atoms with Gasteiger partial charge in [0, 0.05) is 0 Å². The van der Waals surface area contributed by atoms with E-state index >= 15 is 0 Å². The minimum atomic E-state index is 0.211. The third kappa shape index (κ3) is 3.30. The first-order valence-corrected chi connectivity index (χ1v) is 7.95. The van der Waals surface area contributed by atoms with E-state index in [-0.39, 0.29) is 21.9 Å². The van der Waals surface area contributed by atoms with Crippen LogP contribution >= 0.6 is 0 Å². The van der Waals surface area contributed by atoms with Crippen LogP contribution < -0.4 is 4.48 Å². The summed E-state index contributed by atoms with van der Waals surface area (Å²) in [4.78, 5) is 4.53. The molecule has 15 heavy (non-hydrogen) atoms. The molecule has 0 aliphatic carbocycles. The van der Waals surface area contributed by atoms with Crippen molar-refractivity contribution < 1.29 is 9.47 Å². The first-order valence-electron chi connectivity index (χ1n) is 5.13. The molecule has 4 heteroatoms. The summed E-state index contributed by atoms with van der Waals surface area (Å²) in [6, 6.07) is 6.17. The Kier molecular flexibility index (Phi) is 4.18. The third-order valence-corrected chi connectivity index (χ3v) is 3.86. The molecule has 3 nitrogen and oxygen atoms in total. The van der Waals surface area contributed by atoms with Crippen LogP contribution in [0.3, 0.4) is 0 Å². The molecule has 1 aliphatic rings. The second kappa shape index (κ2) is 5.64. The average molecular weight is 268 g/mol. The van der Waals surface area contributed by atoms with Gasteiger partial charge >= 0.3 is 96.6 Å². The van der Waals surface area contributed by atoms with E-state index in [2.05, 4.69) is 22.8 Å². The van der Waals surface area contributed by atoms with E-state index in [1.807, 2.05) is 6.07 Å². The van der Waals surface area contributed by atoms with Crippen LogP contribution in [0.1, 0.15) is 12.1 Å². The molecule has 0 amide bonds. The maximum atomic E-state index is 5.71. The Labute approximate surface area is 96.9 Å². The van der Waals surface area contributed by atoms with Crippen molar-refractivity contribution in [2.45, 2.75) is 24.8 Å². The number of hydrogen-bond acceptors (Lipinski definition) is 3. The van der Waals surface area contributed by atoms with Gasteiger partial charge < -0.3 is 0 Å². The fourth-order valence-corrected chi connectivity index (χ4v) is 2.49. The molecule has 0 saturated carbocycles. The zero-order valence-electron chi connectivity index (χ0n) is 8.85. The monoisotopic (exact) mass is 268 g/mol. The predicted molar refractivity (Wildman–Crippen MR) is 59.5 cm³/mol. The first-order chi connectivity index (χ1) is 7.38. The molecule has 1 aromatic rings. The van der Waals surface area contributed by atoms with Gasteiger partial charge in [0.15, 0.2) is 0 Å². The summed E-state index contributed by atoms with van der Waals surface area (Å²) in [6.45, 7) is 2.18. The molecule has 0 aromatic carbocycles. The quantitative estimate of drug-likeness (QED) is 0.756. The van der Waals surface area contributed by atoms with Crippen molar-refractivity contribution in [1.29, 1.82) is 0 Å². The van der Waals surface area contributed by atoms with Gasteiger partial charge in [-0.15, -0.1) is 0 Å². The van der Waals surface area contributed by atoms with E-state index in [0.717, 1.165) is 25.3 Å². The second-order valence-electron chi connectivity index (χ2n) is 3.51. The van der Waals surface area contributed by atoms with Gasteiger partial charge in [-0.05, 0) is 0 Å². The van der Waals surface area contributed by atoms with Crippen LogP contribution in [0.25, 0.3) is 0 Å². The van der Waals surface area contributed by atoms with Gasteiger partial charge in [0.25, 0.3) is 0 Å². The molecule has 1 fully saturated rings. The zero-order chi connectivity index (χ0) is 10.5. The molecular formula is C11H15AsNO2. The van der Waals surface area contributed by atoms with E-state index in [1.165, 1.54) is 4.48 Å². The number of rotatable bonds is 4. The van der Waals surface area contributed by atoms with Crippen LogP contribution in [0.5, 0.6) is 0 Å². The Morgan fingerprint density at radius 3 is 3.27 bits per heavy atom. The van der Waals surface area contributed by atoms with Crippen molar-refractivity contribution in [1.82, 2.24) is 4.98 Å². The molecule has 1 radical (unpaired) electrons. The maximum absolute atomic E-state index is 5.71. The molecule has 0 bridgehead atoms. The molecule has 1 aromatic heterocycles. The van der Waals surface area contributed by atoms with Gasteiger partial charge in [0.2, 0.25) is 0 Å². The molecule has 0 unspecified atom stereocenters. The molecule has 0 spiro atoms. The van der Waals surface area contributed by atoms with Crippen LogP contribution in [0, 0.1) is 0 Å². The van der Waals surface area contributed by atoms with Crippen LogP contribution in [0.2, 0.25) is 5.71 Å². The first kappa shape index (κ1) is 11.1. The van der Waals surface area contributed by atoms with Crippen molar-refractivity contribution in [2.75, 3.05) is 13.2 Å². The fourth-order valence-electron chi connectivity index (χ4n) is 1.52. The number of ether oxygens (including phenoxy) is 2. The number of pyridine rings is 1. The van der Waals surface area contributed by atoms with E-state index in [4.69, 9.17) is 9.47 Å². The summed E-state index contributed by atoms with van der Waals surface area (Å²) in [5.41, 5.74) is 3.24. The standard InChI is InChI=1S/C11H15AsNO2/c1-12-11-4-2-3-9(13-11)7-15-10-5-6-14-8-10/h2-4,10H,5-8H2,1H3/t10-/m0/s1. The molecule has 2 rings (SSSR count). The molecular weight excluding hydrogens is 253 g/mol. The van der Waals surface area contributed by atoms with Crippen LogP contribution in [0.15, 0.2) is 18.2 Å². The second-order valence-corrected chi connectivity index (χ2v) is 5.41. The number of hydrogen-bond donors (Lipinski definition) is 0. The van der Waals surface area contributed by atoms with Gasteiger partial charge in [-0.3, -0.25) is 0 Å². The van der Waals surface area contributed by atoms with Gasteiger partial charge in [-0.1, -0.05) is 0 Å². The Balaban J connectivity index is 1.86. The van der Waals surface area contributed by atoms with Crippen LogP contribution in [0.4, 0.5) is 0 Å². The van der Waals surface area contributed by atoms with E-state index in [0.29, 0.717) is 6.61 Å². The Hall–Kier alpha value is -0.372. The summed E-state index contributed by atoms with van der Waals surface area (Å²) in [7, 11) is 0. The Bertz CT molecular complexity index is 313. The van der Waals surface area contributed by atoms with Gasteiger partial charge in [-0.25, -0.2) is 0 Å². The van der Waals surface area contributed by atoms with E-state index < -0.39 is 0 Å².